The number of carboxylic acids is 1. The summed E-state index contributed by atoms with van der Waals surface area (Å²) in [6.07, 6.45) is 6.34. The Hall–Kier alpha value is -1.40. The Morgan fingerprint density at radius 1 is 1.24 bits per heavy atom. The second kappa shape index (κ2) is 8.81. The molecule has 1 aliphatic rings. The first kappa shape index (κ1) is 19.9. The number of nitrogens with one attached hydrogen (secondary N) is 1. The minimum absolute atomic E-state index is 0.0169. The predicted molar refractivity (Wildman–Crippen MR) is 100 cm³/mol. The van der Waals surface area contributed by atoms with E-state index in [-0.39, 0.29) is 18.7 Å². The molecule has 0 radical (unpaired) electrons. The van der Waals surface area contributed by atoms with Crippen molar-refractivity contribution in [2.45, 2.75) is 50.7 Å². The number of hydrogen-bond donors (Lipinski definition) is 2. The fraction of sp³-hybridized carbons (Fsp3) is 0.556. The van der Waals surface area contributed by atoms with E-state index in [4.69, 9.17) is 11.6 Å². The number of carbonyl (C=O) groups is 2. The summed E-state index contributed by atoms with van der Waals surface area (Å²) in [5.41, 5.74) is 0.845. The third-order valence-corrected chi connectivity index (χ3v) is 5.72. The molecule has 1 atom stereocenters. The van der Waals surface area contributed by atoms with E-state index < -0.39 is 22.2 Å². The van der Waals surface area contributed by atoms with Gasteiger partial charge in [0.15, 0.2) is 0 Å². The summed E-state index contributed by atoms with van der Waals surface area (Å²) in [4.78, 5) is 23.8. The number of halogens is 1. The quantitative estimate of drug-likeness (QED) is 0.743. The number of rotatable bonds is 7. The number of hydrogen-bond acceptors (Lipinski definition) is 3. The standard InChI is InChI=1S/C18H24ClNO4S/c1-25(24)12-13-5-6-14(19)15(9-13)20-16(21)10-18(11-17(22)23)7-3-2-4-8-18/h5-6,9H,2-4,7-8,10-12H2,1H3,(H,20,21)(H,22,23). The molecule has 1 aromatic rings. The number of aliphatic carboxylic acids is 1. The van der Waals surface area contributed by atoms with E-state index in [1.165, 1.54) is 0 Å². The van der Waals surface area contributed by atoms with Gasteiger partial charge in [0.1, 0.15) is 0 Å². The van der Waals surface area contributed by atoms with E-state index in [1.54, 1.807) is 24.5 Å². The van der Waals surface area contributed by atoms with Gasteiger partial charge in [-0.1, -0.05) is 36.9 Å². The highest BCUT2D eigenvalue weighted by molar-refractivity contribution is 7.83. The highest BCUT2D eigenvalue weighted by Gasteiger charge is 2.36. The topological polar surface area (TPSA) is 83.5 Å². The smallest absolute Gasteiger partial charge is 0.303 e. The lowest BCUT2D eigenvalue weighted by atomic mass is 9.69. The molecule has 1 amide bonds. The van der Waals surface area contributed by atoms with Gasteiger partial charge in [-0.05, 0) is 36.0 Å². The van der Waals surface area contributed by atoms with E-state index in [0.717, 1.165) is 37.7 Å². The predicted octanol–water partition coefficient (Wildman–Crippen LogP) is 3.97. The maximum atomic E-state index is 12.5. The van der Waals surface area contributed by atoms with Gasteiger partial charge in [0.25, 0.3) is 0 Å². The summed E-state index contributed by atoms with van der Waals surface area (Å²) < 4.78 is 11.4. The average molecular weight is 386 g/mol. The van der Waals surface area contributed by atoms with Gasteiger partial charge < -0.3 is 10.4 Å². The molecule has 0 saturated heterocycles. The third-order valence-electron chi connectivity index (χ3n) is 4.65. The molecule has 2 N–H and O–H groups in total. The van der Waals surface area contributed by atoms with Crippen molar-refractivity contribution in [1.29, 1.82) is 0 Å². The lowest BCUT2D eigenvalue weighted by Gasteiger charge is -2.35. The zero-order valence-electron chi connectivity index (χ0n) is 14.3. The monoisotopic (exact) mass is 385 g/mol. The van der Waals surface area contributed by atoms with Crippen LogP contribution in [0.2, 0.25) is 5.02 Å². The Bertz CT molecular complexity index is 671. The van der Waals surface area contributed by atoms with Crippen LogP contribution in [0.5, 0.6) is 0 Å². The van der Waals surface area contributed by atoms with Crippen molar-refractivity contribution in [3.8, 4) is 0 Å². The van der Waals surface area contributed by atoms with Crippen molar-refractivity contribution < 1.29 is 18.9 Å². The number of carboxylic acid groups (broad SMARTS) is 1. The van der Waals surface area contributed by atoms with E-state index in [9.17, 15) is 18.9 Å². The summed E-state index contributed by atoms with van der Waals surface area (Å²) in [6.45, 7) is 0. The van der Waals surface area contributed by atoms with Crippen molar-refractivity contribution in [2.75, 3.05) is 11.6 Å². The number of anilines is 1. The molecule has 0 heterocycles. The van der Waals surface area contributed by atoms with E-state index in [1.807, 2.05) is 0 Å². The van der Waals surface area contributed by atoms with Crippen LogP contribution in [0.4, 0.5) is 5.69 Å². The Balaban J connectivity index is 2.10. The molecule has 1 aromatic carbocycles. The van der Waals surface area contributed by atoms with Crippen LogP contribution in [-0.2, 0) is 26.1 Å². The molecule has 1 aliphatic carbocycles. The molecule has 0 spiro atoms. The van der Waals surface area contributed by atoms with E-state index >= 15 is 0 Å². The van der Waals surface area contributed by atoms with Crippen LogP contribution in [0.25, 0.3) is 0 Å². The summed E-state index contributed by atoms with van der Waals surface area (Å²) in [7, 11) is -0.984. The zero-order valence-corrected chi connectivity index (χ0v) is 15.9. The zero-order chi connectivity index (χ0) is 18.4. The number of benzene rings is 1. The second-order valence-corrected chi connectivity index (χ2v) is 8.73. The Labute approximate surface area is 155 Å². The summed E-state index contributed by atoms with van der Waals surface area (Å²) >= 11 is 6.15. The highest BCUT2D eigenvalue weighted by Crippen LogP contribution is 2.42. The normalized spacial score (nSPS) is 17.7. The van der Waals surface area contributed by atoms with Crippen LogP contribution in [0, 0.1) is 5.41 Å². The molecular formula is C18H24ClNO4S. The molecule has 5 nitrogen and oxygen atoms in total. The fourth-order valence-electron chi connectivity index (χ4n) is 3.57. The van der Waals surface area contributed by atoms with Gasteiger partial charge in [-0.15, -0.1) is 0 Å². The van der Waals surface area contributed by atoms with Crippen molar-refractivity contribution in [3.63, 3.8) is 0 Å². The summed E-state index contributed by atoms with van der Waals surface area (Å²) in [5.74, 6) is -0.691. The van der Waals surface area contributed by atoms with Gasteiger partial charge in [-0.25, -0.2) is 0 Å². The molecule has 25 heavy (non-hydrogen) atoms. The first-order chi connectivity index (χ1) is 11.8. The molecule has 1 fully saturated rings. The Morgan fingerprint density at radius 3 is 2.52 bits per heavy atom. The van der Waals surface area contributed by atoms with E-state index in [0.29, 0.717) is 16.5 Å². The molecule has 0 aliphatic heterocycles. The molecule has 1 saturated carbocycles. The number of carbonyl (C=O) groups excluding carboxylic acids is 1. The van der Waals surface area contributed by atoms with Gasteiger partial charge in [0.2, 0.25) is 5.91 Å². The molecule has 1 unspecified atom stereocenters. The lowest BCUT2D eigenvalue weighted by molar-refractivity contribution is -0.140. The molecule has 138 valence electrons. The Morgan fingerprint density at radius 2 is 1.92 bits per heavy atom. The highest BCUT2D eigenvalue weighted by atomic mass is 35.5. The molecule has 7 heteroatoms. The van der Waals surface area contributed by atoms with Crippen LogP contribution >= 0.6 is 11.6 Å². The number of amides is 1. The maximum absolute atomic E-state index is 12.5. The van der Waals surface area contributed by atoms with Crippen molar-refractivity contribution >= 4 is 40.0 Å². The lowest BCUT2D eigenvalue weighted by Crippen LogP contribution is -2.32. The van der Waals surface area contributed by atoms with Gasteiger partial charge in [-0.2, -0.15) is 0 Å². The van der Waals surface area contributed by atoms with Crippen LogP contribution in [0.15, 0.2) is 18.2 Å². The second-order valence-electron chi connectivity index (χ2n) is 6.89. The van der Waals surface area contributed by atoms with Gasteiger partial charge in [-0.3, -0.25) is 13.8 Å². The Kier molecular flexibility index (Phi) is 7.02. The van der Waals surface area contributed by atoms with Crippen molar-refractivity contribution in [3.05, 3.63) is 28.8 Å². The molecule has 0 bridgehead atoms. The molecular weight excluding hydrogens is 362 g/mol. The third kappa shape index (κ3) is 6.12. The fourth-order valence-corrected chi connectivity index (χ4v) is 4.38. The largest absolute Gasteiger partial charge is 0.481 e. The molecule has 2 rings (SSSR count). The minimum Gasteiger partial charge on any atom is -0.481 e. The SMILES string of the molecule is CS(=O)Cc1ccc(Cl)c(NC(=O)CC2(CC(=O)O)CCCCC2)c1. The minimum atomic E-state index is -0.984. The van der Waals surface area contributed by atoms with Gasteiger partial charge in [0.05, 0.1) is 17.1 Å². The first-order valence-electron chi connectivity index (χ1n) is 8.40. The van der Waals surface area contributed by atoms with Crippen molar-refractivity contribution in [1.82, 2.24) is 0 Å². The first-order valence-corrected chi connectivity index (χ1v) is 10.5. The summed E-state index contributed by atoms with van der Waals surface area (Å²) in [6, 6.07) is 5.19. The van der Waals surface area contributed by atoms with Gasteiger partial charge in [0, 0.05) is 29.2 Å². The van der Waals surface area contributed by atoms with Crippen LogP contribution in [0.1, 0.15) is 50.5 Å². The average Bonchev–Trinajstić information content (AvgIpc) is 2.50. The van der Waals surface area contributed by atoms with Crippen LogP contribution in [0.3, 0.4) is 0 Å². The summed E-state index contributed by atoms with van der Waals surface area (Å²) in [5, 5.41) is 12.4. The van der Waals surface area contributed by atoms with Crippen LogP contribution < -0.4 is 5.32 Å². The van der Waals surface area contributed by atoms with Crippen molar-refractivity contribution in [2.24, 2.45) is 5.41 Å². The van der Waals surface area contributed by atoms with Crippen LogP contribution in [-0.4, -0.2) is 27.4 Å². The van der Waals surface area contributed by atoms with Gasteiger partial charge >= 0.3 is 5.97 Å². The van der Waals surface area contributed by atoms with E-state index in [2.05, 4.69) is 5.32 Å². The maximum Gasteiger partial charge on any atom is 0.303 e. The molecule has 0 aromatic heterocycles.